The van der Waals surface area contributed by atoms with Crippen molar-refractivity contribution in [3.05, 3.63) is 48.6 Å². The molecule has 5 nitrogen and oxygen atoms in total. The van der Waals surface area contributed by atoms with Crippen molar-refractivity contribution in [3.63, 3.8) is 0 Å². The molecule has 5 heteroatoms. The summed E-state index contributed by atoms with van der Waals surface area (Å²) in [5.41, 5.74) is 0.681. The van der Waals surface area contributed by atoms with Crippen LogP contribution in [0.15, 0.2) is 43.0 Å². The van der Waals surface area contributed by atoms with Gasteiger partial charge < -0.3 is 15.2 Å². The van der Waals surface area contributed by atoms with Gasteiger partial charge in [-0.3, -0.25) is 4.79 Å². The summed E-state index contributed by atoms with van der Waals surface area (Å²) < 4.78 is 5.16. The van der Waals surface area contributed by atoms with Crippen molar-refractivity contribution in [1.29, 1.82) is 0 Å². The van der Waals surface area contributed by atoms with E-state index in [1.54, 1.807) is 30.3 Å². The Morgan fingerprint density at radius 3 is 2.55 bits per heavy atom. The standard InChI is InChI=1S/C15H19NO4/c1-3-4-10-12(15(18)19)16-14(17)13(20-2)11-8-6-5-7-9-11/h3,5-9,12-13H,1,4,10H2,2H3,(H,16,17)(H,18,19)/t12?,13-/m1/s1. The summed E-state index contributed by atoms with van der Waals surface area (Å²) in [4.78, 5) is 23.2. The minimum absolute atomic E-state index is 0.301. The van der Waals surface area contributed by atoms with Gasteiger partial charge in [0.25, 0.3) is 5.91 Å². The third-order valence-electron chi connectivity index (χ3n) is 2.85. The maximum absolute atomic E-state index is 12.1. The minimum Gasteiger partial charge on any atom is -0.480 e. The van der Waals surface area contributed by atoms with Gasteiger partial charge in [-0.15, -0.1) is 6.58 Å². The molecule has 0 aromatic heterocycles. The van der Waals surface area contributed by atoms with E-state index < -0.39 is 24.0 Å². The van der Waals surface area contributed by atoms with Crippen molar-refractivity contribution >= 4 is 11.9 Å². The van der Waals surface area contributed by atoms with Crippen molar-refractivity contribution < 1.29 is 19.4 Å². The van der Waals surface area contributed by atoms with Gasteiger partial charge in [0, 0.05) is 7.11 Å². The Kier molecular flexibility index (Phi) is 6.46. The molecule has 0 aliphatic rings. The second-order valence-corrected chi connectivity index (χ2v) is 4.29. The number of allylic oxidation sites excluding steroid dienone is 1. The number of carbonyl (C=O) groups is 2. The summed E-state index contributed by atoms with van der Waals surface area (Å²) in [6, 6.07) is 7.99. The quantitative estimate of drug-likeness (QED) is 0.712. The molecule has 0 aliphatic carbocycles. The normalized spacial score (nSPS) is 13.2. The van der Waals surface area contributed by atoms with Crippen molar-refractivity contribution in [2.75, 3.05) is 7.11 Å². The molecule has 0 fully saturated rings. The molecule has 1 rings (SSSR count). The van der Waals surface area contributed by atoms with Crippen LogP contribution in [0, 0.1) is 0 Å². The van der Waals surface area contributed by atoms with E-state index in [4.69, 9.17) is 9.84 Å². The number of carbonyl (C=O) groups excluding carboxylic acids is 1. The Labute approximate surface area is 118 Å². The number of benzene rings is 1. The molecule has 0 saturated carbocycles. The highest BCUT2D eigenvalue weighted by Crippen LogP contribution is 2.16. The van der Waals surface area contributed by atoms with Gasteiger partial charge in [-0.2, -0.15) is 0 Å². The summed E-state index contributed by atoms with van der Waals surface area (Å²) in [5.74, 6) is -1.53. The van der Waals surface area contributed by atoms with Crippen LogP contribution in [0.4, 0.5) is 0 Å². The number of aliphatic carboxylic acids is 1. The first-order valence-electron chi connectivity index (χ1n) is 6.32. The van der Waals surface area contributed by atoms with Crippen LogP contribution >= 0.6 is 0 Å². The zero-order valence-electron chi connectivity index (χ0n) is 11.4. The fourth-order valence-corrected chi connectivity index (χ4v) is 1.81. The molecule has 108 valence electrons. The van der Waals surface area contributed by atoms with Crippen LogP contribution in [0.2, 0.25) is 0 Å². The van der Waals surface area contributed by atoms with E-state index in [0.717, 1.165) is 0 Å². The number of nitrogens with one attached hydrogen (secondary N) is 1. The van der Waals surface area contributed by atoms with Crippen LogP contribution in [-0.4, -0.2) is 30.1 Å². The van der Waals surface area contributed by atoms with Gasteiger partial charge in [-0.1, -0.05) is 36.4 Å². The molecule has 2 atom stereocenters. The lowest BCUT2D eigenvalue weighted by Gasteiger charge is -2.19. The van der Waals surface area contributed by atoms with E-state index in [1.807, 2.05) is 6.07 Å². The SMILES string of the molecule is C=CCCC(NC(=O)[C@H](OC)c1ccccc1)C(=O)O. The fraction of sp³-hybridized carbons (Fsp3) is 0.333. The summed E-state index contributed by atoms with van der Waals surface area (Å²) in [6.07, 6.45) is 1.62. The molecule has 2 N–H and O–H groups in total. The largest absolute Gasteiger partial charge is 0.480 e. The van der Waals surface area contributed by atoms with Gasteiger partial charge in [-0.05, 0) is 18.4 Å². The minimum atomic E-state index is -1.07. The number of amides is 1. The summed E-state index contributed by atoms with van der Waals surface area (Å²) in [7, 11) is 1.41. The Hall–Kier alpha value is -2.14. The molecule has 0 heterocycles. The number of ether oxygens (including phenoxy) is 1. The average Bonchev–Trinajstić information content (AvgIpc) is 2.45. The maximum atomic E-state index is 12.1. The van der Waals surface area contributed by atoms with E-state index in [9.17, 15) is 9.59 Å². The van der Waals surface area contributed by atoms with Gasteiger partial charge in [0.15, 0.2) is 6.10 Å². The second kappa shape index (κ2) is 8.12. The van der Waals surface area contributed by atoms with E-state index in [-0.39, 0.29) is 0 Å². The van der Waals surface area contributed by atoms with Crippen LogP contribution in [0.5, 0.6) is 0 Å². The van der Waals surface area contributed by atoms with Crippen molar-refractivity contribution in [3.8, 4) is 0 Å². The van der Waals surface area contributed by atoms with E-state index in [1.165, 1.54) is 7.11 Å². The average molecular weight is 277 g/mol. The van der Waals surface area contributed by atoms with Gasteiger partial charge in [0.1, 0.15) is 6.04 Å². The zero-order valence-corrected chi connectivity index (χ0v) is 11.4. The summed E-state index contributed by atoms with van der Waals surface area (Å²) in [6.45, 7) is 3.54. The van der Waals surface area contributed by atoms with Crippen LogP contribution in [-0.2, 0) is 14.3 Å². The van der Waals surface area contributed by atoms with Gasteiger partial charge in [0.2, 0.25) is 0 Å². The van der Waals surface area contributed by atoms with Crippen molar-refractivity contribution in [2.45, 2.75) is 25.0 Å². The number of hydrogen-bond donors (Lipinski definition) is 2. The molecule has 0 spiro atoms. The molecule has 0 saturated heterocycles. The lowest BCUT2D eigenvalue weighted by atomic mass is 10.1. The van der Waals surface area contributed by atoms with Gasteiger partial charge >= 0.3 is 5.97 Å². The van der Waals surface area contributed by atoms with Gasteiger partial charge in [-0.25, -0.2) is 4.79 Å². The zero-order chi connectivity index (χ0) is 15.0. The molecular weight excluding hydrogens is 258 g/mol. The lowest BCUT2D eigenvalue weighted by Crippen LogP contribution is -2.43. The van der Waals surface area contributed by atoms with Crippen molar-refractivity contribution in [1.82, 2.24) is 5.32 Å². The highest BCUT2D eigenvalue weighted by Gasteiger charge is 2.25. The predicted molar refractivity (Wildman–Crippen MR) is 75.2 cm³/mol. The topological polar surface area (TPSA) is 75.6 Å². The Morgan fingerprint density at radius 1 is 1.40 bits per heavy atom. The number of rotatable bonds is 8. The van der Waals surface area contributed by atoms with Crippen LogP contribution in [0.3, 0.4) is 0 Å². The molecule has 1 unspecified atom stereocenters. The molecular formula is C15H19NO4. The third-order valence-corrected chi connectivity index (χ3v) is 2.85. The van der Waals surface area contributed by atoms with E-state index in [0.29, 0.717) is 18.4 Å². The predicted octanol–water partition coefficient (Wildman–Crippen LogP) is 1.91. The Bertz CT molecular complexity index is 458. The van der Waals surface area contributed by atoms with E-state index >= 15 is 0 Å². The highest BCUT2D eigenvalue weighted by atomic mass is 16.5. The summed E-state index contributed by atoms with van der Waals surface area (Å²) >= 11 is 0. The molecule has 20 heavy (non-hydrogen) atoms. The maximum Gasteiger partial charge on any atom is 0.326 e. The summed E-state index contributed by atoms with van der Waals surface area (Å²) in [5, 5.41) is 11.6. The van der Waals surface area contributed by atoms with Gasteiger partial charge in [0.05, 0.1) is 0 Å². The van der Waals surface area contributed by atoms with E-state index in [2.05, 4.69) is 11.9 Å². The molecule has 1 aromatic rings. The smallest absolute Gasteiger partial charge is 0.326 e. The highest BCUT2D eigenvalue weighted by molar-refractivity contribution is 5.87. The van der Waals surface area contributed by atoms with Crippen molar-refractivity contribution in [2.24, 2.45) is 0 Å². The first-order valence-corrected chi connectivity index (χ1v) is 6.32. The molecule has 0 aliphatic heterocycles. The molecule has 0 radical (unpaired) electrons. The number of hydrogen-bond acceptors (Lipinski definition) is 3. The molecule has 1 amide bonds. The fourth-order valence-electron chi connectivity index (χ4n) is 1.81. The lowest BCUT2D eigenvalue weighted by molar-refractivity contribution is -0.144. The Balaban J connectivity index is 2.75. The first kappa shape index (κ1) is 15.9. The number of carboxylic acid groups (broad SMARTS) is 1. The monoisotopic (exact) mass is 277 g/mol. The Morgan fingerprint density at radius 2 is 2.05 bits per heavy atom. The number of methoxy groups -OCH3 is 1. The number of carboxylic acids is 1. The van der Waals surface area contributed by atoms with Crippen LogP contribution in [0.25, 0.3) is 0 Å². The molecule has 1 aromatic carbocycles. The first-order chi connectivity index (χ1) is 9.60. The second-order valence-electron chi connectivity index (χ2n) is 4.29. The molecule has 0 bridgehead atoms. The third kappa shape index (κ3) is 4.51. The van der Waals surface area contributed by atoms with Crippen LogP contribution < -0.4 is 5.32 Å². The van der Waals surface area contributed by atoms with Crippen LogP contribution in [0.1, 0.15) is 24.5 Å².